The number of rotatable bonds is 3. The molecule has 0 amide bonds. The van der Waals surface area contributed by atoms with Crippen molar-refractivity contribution in [3.63, 3.8) is 0 Å². The van der Waals surface area contributed by atoms with Gasteiger partial charge in [-0.25, -0.2) is 4.98 Å². The van der Waals surface area contributed by atoms with E-state index in [-0.39, 0.29) is 0 Å². The summed E-state index contributed by atoms with van der Waals surface area (Å²) in [6, 6.07) is 10.7. The van der Waals surface area contributed by atoms with Crippen LogP contribution in [0.15, 0.2) is 30.3 Å². The van der Waals surface area contributed by atoms with Crippen molar-refractivity contribution >= 4 is 0 Å². The highest BCUT2D eigenvalue weighted by Crippen LogP contribution is 2.22. The van der Waals surface area contributed by atoms with Crippen molar-refractivity contribution in [2.24, 2.45) is 0 Å². The van der Waals surface area contributed by atoms with Crippen LogP contribution in [0.2, 0.25) is 0 Å². The maximum absolute atomic E-state index is 4.70. The van der Waals surface area contributed by atoms with E-state index in [1.54, 1.807) is 0 Å². The first-order valence-corrected chi connectivity index (χ1v) is 7.06. The van der Waals surface area contributed by atoms with Crippen molar-refractivity contribution in [1.29, 1.82) is 0 Å². The van der Waals surface area contributed by atoms with E-state index < -0.39 is 0 Å². The number of aromatic nitrogens is 2. The second-order valence-electron chi connectivity index (χ2n) is 5.40. The first kappa shape index (κ1) is 12.4. The van der Waals surface area contributed by atoms with Gasteiger partial charge in [0.15, 0.2) is 0 Å². The van der Waals surface area contributed by atoms with E-state index in [4.69, 9.17) is 4.98 Å². The first-order chi connectivity index (χ1) is 9.25. The highest BCUT2D eigenvalue weighted by Gasteiger charge is 2.19. The summed E-state index contributed by atoms with van der Waals surface area (Å²) in [5.41, 5.74) is 4.07. The molecule has 19 heavy (non-hydrogen) atoms. The number of fused-ring (bicyclic) bond motifs is 1. The Hall–Kier alpha value is -1.61. The van der Waals surface area contributed by atoms with Crippen LogP contribution in [0.5, 0.6) is 0 Å². The molecule has 1 aliphatic rings. The average molecular weight is 255 g/mol. The van der Waals surface area contributed by atoms with E-state index in [1.807, 2.05) is 0 Å². The van der Waals surface area contributed by atoms with Crippen LogP contribution in [0.3, 0.4) is 0 Å². The van der Waals surface area contributed by atoms with Crippen LogP contribution in [-0.2, 0) is 19.5 Å². The van der Waals surface area contributed by atoms with E-state index >= 15 is 0 Å². The number of aryl methyl sites for hydroxylation is 1. The van der Waals surface area contributed by atoms with Crippen LogP contribution in [0, 0.1) is 6.92 Å². The lowest BCUT2D eigenvalue weighted by atomic mass is 10.0. The molecule has 0 aliphatic carbocycles. The molecule has 2 heterocycles. The largest absolute Gasteiger partial charge is 0.331 e. The number of nitrogens with zero attached hydrogens (tertiary/aromatic N) is 2. The Balaban J connectivity index is 1.85. The van der Waals surface area contributed by atoms with Crippen LogP contribution < -0.4 is 5.32 Å². The van der Waals surface area contributed by atoms with Gasteiger partial charge in [-0.15, -0.1) is 0 Å². The lowest BCUT2D eigenvalue weighted by Gasteiger charge is -2.19. The first-order valence-electron chi connectivity index (χ1n) is 7.06. The summed E-state index contributed by atoms with van der Waals surface area (Å²) in [4.78, 5) is 4.70. The second kappa shape index (κ2) is 5.17. The Morgan fingerprint density at radius 3 is 2.89 bits per heavy atom. The molecule has 2 aromatic rings. The topological polar surface area (TPSA) is 29.9 Å². The third kappa shape index (κ3) is 2.43. The molecule has 1 aliphatic heterocycles. The zero-order valence-electron chi connectivity index (χ0n) is 11.7. The molecule has 1 N–H and O–H groups in total. The summed E-state index contributed by atoms with van der Waals surface area (Å²) >= 11 is 0. The van der Waals surface area contributed by atoms with Crippen LogP contribution in [0.25, 0.3) is 0 Å². The summed E-state index contributed by atoms with van der Waals surface area (Å²) in [7, 11) is 0. The number of hydrogen-bond acceptors (Lipinski definition) is 2. The van der Waals surface area contributed by atoms with Gasteiger partial charge in [-0.05, 0) is 18.4 Å². The molecule has 0 bridgehead atoms. The highest BCUT2D eigenvalue weighted by molar-refractivity contribution is 5.22. The van der Waals surface area contributed by atoms with Gasteiger partial charge in [-0.2, -0.15) is 0 Å². The molecule has 1 atom stereocenters. The Labute approximate surface area is 114 Å². The molecule has 0 fully saturated rings. The lowest BCUT2D eigenvalue weighted by Crippen LogP contribution is -2.25. The van der Waals surface area contributed by atoms with E-state index in [9.17, 15) is 0 Å². The number of hydrogen-bond donors (Lipinski definition) is 1. The number of imidazole rings is 1. The van der Waals surface area contributed by atoms with Crippen LogP contribution in [0.4, 0.5) is 0 Å². The molecule has 0 radical (unpaired) electrons. The van der Waals surface area contributed by atoms with E-state index in [1.165, 1.54) is 17.0 Å². The minimum Gasteiger partial charge on any atom is -0.331 e. The summed E-state index contributed by atoms with van der Waals surface area (Å²) in [5.74, 6) is 1.67. The van der Waals surface area contributed by atoms with Gasteiger partial charge in [0.2, 0.25) is 0 Å². The summed E-state index contributed by atoms with van der Waals surface area (Å²) in [6.07, 6.45) is 1.09. The zero-order chi connectivity index (χ0) is 13.2. The van der Waals surface area contributed by atoms with Gasteiger partial charge in [0, 0.05) is 31.7 Å². The fourth-order valence-corrected chi connectivity index (χ4v) is 2.91. The van der Waals surface area contributed by atoms with Gasteiger partial charge in [0.1, 0.15) is 5.82 Å². The van der Waals surface area contributed by atoms with Crippen molar-refractivity contribution in [2.75, 3.05) is 6.54 Å². The van der Waals surface area contributed by atoms with E-state index in [0.717, 1.165) is 31.9 Å². The van der Waals surface area contributed by atoms with Gasteiger partial charge in [0.25, 0.3) is 0 Å². The minimum atomic E-state index is 0.521. The fraction of sp³-hybridized carbons (Fsp3) is 0.438. The Bertz CT molecular complexity index is 557. The highest BCUT2D eigenvalue weighted by atomic mass is 15.1. The van der Waals surface area contributed by atoms with Gasteiger partial charge >= 0.3 is 0 Å². The molecule has 0 saturated heterocycles. The SMILES string of the molecule is Cc1nc2c(n1CC(C)c1ccccc1)CCNC2. The quantitative estimate of drug-likeness (QED) is 0.913. The number of benzene rings is 1. The van der Waals surface area contributed by atoms with E-state index in [2.05, 4.69) is 54.1 Å². The summed E-state index contributed by atoms with van der Waals surface area (Å²) in [5, 5.41) is 3.39. The maximum Gasteiger partial charge on any atom is 0.106 e. The predicted octanol–water partition coefficient (Wildman–Crippen LogP) is 2.64. The van der Waals surface area contributed by atoms with Gasteiger partial charge < -0.3 is 9.88 Å². The average Bonchev–Trinajstić information content (AvgIpc) is 2.76. The van der Waals surface area contributed by atoms with Crippen molar-refractivity contribution < 1.29 is 0 Å². The Kier molecular flexibility index (Phi) is 3.38. The monoisotopic (exact) mass is 255 g/mol. The number of nitrogens with one attached hydrogen (secondary N) is 1. The molecule has 1 aromatic carbocycles. The summed E-state index contributed by atoms with van der Waals surface area (Å²) in [6.45, 7) is 7.43. The molecule has 0 spiro atoms. The second-order valence-corrected chi connectivity index (χ2v) is 5.40. The van der Waals surface area contributed by atoms with Gasteiger partial charge in [-0.3, -0.25) is 0 Å². The van der Waals surface area contributed by atoms with Crippen LogP contribution in [-0.4, -0.2) is 16.1 Å². The molecule has 100 valence electrons. The van der Waals surface area contributed by atoms with Crippen molar-refractivity contribution in [3.05, 3.63) is 53.1 Å². The summed E-state index contributed by atoms with van der Waals surface area (Å²) < 4.78 is 2.41. The van der Waals surface area contributed by atoms with Crippen molar-refractivity contribution in [1.82, 2.24) is 14.9 Å². The van der Waals surface area contributed by atoms with Crippen molar-refractivity contribution in [2.45, 2.75) is 39.3 Å². The molecule has 3 rings (SSSR count). The van der Waals surface area contributed by atoms with E-state index in [0.29, 0.717) is 5.92 Å². The zero-order valence-corrected chi connectivity index (χ0v) is 11.7. The fourth-order valence-electron chi connectivity index (χ4n) is 2.91. The molecular weight excluding hydrogens is 234 g/mol. The molecule has 1 aromatic heterocycles. The standard InChI is InChI=1S/C16H21N3/c1-12(14-6-4-3-5-7-14)11-19-13(2)18-15-10-17-9-8-16(15)19/h3-7,12,17H,8-11H2,1-2H3. The third-order valence-electron chi connectivity index (χ3n) is 4.00. The normalized spacial score (nSPS) is 16.1. The van der Waals surface area contributed by atoms with Crippen LogP contribution in [0.1, 0.15) is 35.6 Å². The molecule has 3 nitrogen and oxygen atoms in total. The Morgan fingerprint density at radius 2 is 2.11 bits per heavy atom. The molecule has 3 heteroatoms. The molecule has 1 unspecified atom stereocenters. The minimum absolute atomic E-state index is 0.521. The molecule has 0 saturated carbocycles. The van der Waals surface area contributed by atoms with Gasteiger partial charge in [0.05, 0.1) is 5.69 Å². The Morgan fingerprint density at radius 1 is 1.32 bits per heavy atom. The van der Waals surface area contributed by atoms with Gasteiger partial charge in [-0.1, -0.05) is 37.3 Å². The molecular formula is C16H21N3. The third-order valence-corrected chi connectivity index (χ3v) is 4.00. The van der Waals surface area contributed by atoms with Crippen molar-refractivity contribution in [3.8, 4) is 0 Å². The maximum atomic E-state index is 4.70. The van der Waals surface area contributed by atoms with Crippen LogP contribution >= 0.6 is 0 Å². The lowest BCUT2D eigenvalue weighted by molar-refractivity contribution is 0.541. The smallest absolute Gasteiger partial charge is 0.106 e. The predicted molar refractivity (Wildman–Crippen MR) is 77.2 cm³/mol.